The van der Waals surface area contributed by atoms with E-state index in [1.165, 1.54) is 0 Å². The van der Waals surface area contributed by atoms with Crippen molar-refractivity contribution in [3.63, 3.8) is 0 Å². The quantitative estimate of drug-likeness (QED) is 0.780. The van der Waals surface area contributed by atoms with Gasteiger partial charge in [0.05, 0.1) is 12.2 Å². The van der Waals surface area contributed by atoms with Gasteiger partial charge < -0.3 is 10.1 Å². The Morgan fingerprint density at radius 2 is 1.38 bits per heavy atom. The third-order valence-electron chi connectivity index (χ3n) is 5.12. The summed E-state index contributed by atoms with van der Waals surface area (Å²) in [5.74, 6) is 0. The van der Waals surface area contributed by atoms with E-state index < -0.39 is 0 Å². The summed E-state index contributed by atoms with van der Waals surface area (Å²) >= 11 is 0. The molecular formula is C14H27NO. The van der Waals surface area contributed by atoms with Crippen molar-refractivity contribution < 1.29 is 4.74 Å². The molecule has 0 spiro atoms. The molecule has 94 valence electrons. The topological polar surface area (TPSA) is 21.3 Å². The smallest absolute Gasteiger partial charge is 0.0565 e. The van der Waals surface area contributed by atoms with E-state index in [0.29, 0.717) is 35.1 Å². The zero-order valence-corrected chi connectivity index (χ0v) is 11.6. The molecule has 1 saturated heterocycles. The summed E-state index contributed by atoms with van der Waals surface area (Å²) in [7, 11) is 0. The van der Waals surface area contributed by atoms with E-state index in [2.05, 4.69) is 46.9 Å². The Kier molecular flexibility index (Phi) is 2.87. The maximum atomic E-state index is 5.78. The first-order valence-corrected chi connectivity index (χ1v) is 6.66. The minimum absolute atomic E-state index is 0.409. The molecule has 1 saturated carbocycles. The Balaban J connectivity index is 1.92. The maximum Gasteiger partial charge on any atom is 0.0565 e. The third kappa shape index (κ3) is 1.91. The van der Waals surface area contributed by atoms with Crippen molar-refractivity contribution in [2.75, 3.05) is 0 Å². The maximum absolute atomic E-state index is 5.78. The fraction of sp³-hybridized carbons (Fsp3) is 1.00. The van der Waals surface area contributed by atoms with Crippen molar-refractivity contribution in [3.05, 3.63) is 0 Å². The van der Waals surface area contributed by atoms with E-state index in [9.17, 15) is 0 Å². The molecule has 2 unspecified atom stereocenters. The lowest BCUT2D eigenvalue weighted by Crippen LogP contribution is -2.43. The van der Waals surface area contributed by atoms with Gasteiger partial charge in [0, 0.05) is 12.1 Å². The van der Waals surface area contributed by atoms with E-state index in [1.54, 1.807) is 0 Å². The highest BCUT2D eigenvalue weighted by Gasteiger charge is 2.64. The highest BCUT2D eigenvalue weighted by Crippen LogP contribution is 2.62. The summed E-state index contributed by atoms with van der Waals surface area (Å²) in [6.07, 6.45) is 3.14. The molecule has 2 heteroatoms. The van der Waals surface area contributed by atoms with Crippen LogP contribution in [0.1, 0.15) is 54.4 Å². The molecule has 2 fully saturated rings. The van der Waals surface area contributed by atoms with Gasteiger partial charge in [0.15, 0.2) is 0 Å². The molecule has 0 radical (unpaired) electrons. The first kappa shape index (κ1) is 12.4. The Hall–Kier alpha value is -0.0800. The number of hydrogen-bond donors (Lipinski definition) is 1. The minimum Gasteiger partial charge on any atom is -0.375 e. The van der Waals surface area contributed by atoms with Crippen LogP contribution in [-0.4, -0.2) is 24.3 Å². The molecule has 1 heterocycles. The molecule has 1 N–H and O–H groups in total. The molecule has 2 nitrogen and oxygen atoms in total. The van der Waals surface area contributed by atoms with Crippen molar-refractivity contribution in [3.8, 4) is 0 Å². The van der Waals surface area contributed by atoms with E-state index in [0.717, 1.165) is 12.8 Å². The van der Waals surface area contributed by atoms with Crippen LogP contribution in [0.2, 0.25) is 0 Å². The Morgan fingerprint density at radius 3 is 1.75 bits per heavy atom. The van der Waals surface area contributed by atoms with Crippen molar-refractivity contribution in [2.45, 2.75) is 78.7 Å². The average Bonchev–Trinajstić information content (AvgIpc) is 2.46. The lowest BCUT2D eigenvalue weighted by atomic mass is 9.99. The number of rotatable bonds is 2. The molecule has 1 aliphatic carbocycles. The normalized spacial score (nSPS) is 42.0. The summed E-state index contributed by atoms with van der Waals surface area (Å²) in [6.45, 7) is 13.9. The van der Waals surface area contributed by atoms with Gasteiger partial charge in [-0.3, -0.25) is 0 Å². The van der Waals surface area contributed by atoms with Gasteiger partial charge in [-0.1, -0.05) is 27.7 Å². The van der Waals surface area contributed by atoms with Gasteiger partial charge in [0.25, 0.3) is 0 Å². The number of hydrogen-bond acceptors (Lipinski definition) is 2. The van der Waals surface area contributed by atoms with Gasteiger partial charge in [0.1, 0.15) is 0 Å². The Bertz CT molecular complexity index is 248. The van der Waals surface area contributed by atoms with Gasteiger partial charge in [0.2, 0.25) is 0 Å². The Labute approximate surface area is 100 Å². The van der Waals surface area contributed by atoms with Crippen molar-refractivity contribution >= 4 is 0 Å². The zero-order chi connectivity index (χ0) is 12.1. The lowest BCUT2D eigenvalue weighted by Gasteiger charge is -2.33. The lowest BCUT2D eigenvalue weighted by molar-refractivity contribution is -0.0429. The predicted octanol–water partition coefficient (Wildman–Crippen LogP) is 2.97. The molecule has 1 aliphatic heterocycles. The van der Waals surface area contributed by atoms with Crippen molar-refractivity contribution in [1.29, 1.82) is 0 Å². The van der Waals surface area contributed by atoms with Crippen molar-refractivity contribution in [2.24, 2.45) is 10.8 Å². The molecule has 2 aliphatic rings. The molecule has 16 heavy (non-hydrogen) atoms. The molecule has 0 amide bonds. The second-order valence-corrected chi connectivity index (χ2v) is 6.97. The average molecular weight is 225 g/mol. The van der Waals surface area contributed by atoms with Gasteiger partial charge in [-0.05, 0) is 37.5 Å². The van der Waals surface area contributed by atoms with Crippen LogP contribution >= 0.6 is 0 Å². The first-order valence-electron chi connectivity index (χ1n) is 6.66. The van der Waals surface area contributed by atoms with Crippen LogP contribution < -0.4 is 5.32 Å². The fourth-order valence-corrected chi connectivity index (χ4v) is 3.39. The summed E-state index contributed by atoms with van der Waals surface area (Å²) < 4.78 is 5.78. The monoisotopic (exact) mass is 225 g/mol. The van der Waals surface area contributed by atoms with Crippen LogP contribution in [0, 0.1) is 10.8 Å². The van der Waals surface area contributed by atoms with Gasteiger partial charge in [-0.2, -0.15) is 0 Å². The fourth-order valence-electron chi connectivity index (χ4n) is 3.39. The summed E-state index contributed by atoms with van der Waals surface area (Å²) in [5, 5.41) is 3.85. The van der Waals surface area contributed by atoms with E-state index in [-0.39, 0.29) is 0 Å². The van der Waals surface area contributed by atoms with Crippen LogP contribution in [-0.2, 0) is 4.74 Å². The molecule has 0 bridgehead atoms. The number of nitrogens with one attached hydrogen (secondary N) is 1. The highest BCUT2D eigenvalue weighted by atomic mass is 16.5. The number of ether oxygens (including phenoxy) is 1. The molecule has 2 rings (SSSR count). The minimum atomic E-state index is 0.409. The van der Waals surface area contributed by atoms with E-state index >= 15 is 0 Å². The van der Waals surface area contributed by atoms with Crippen LogP contribution in [0.4, 0.5) is 0 Å². The largest absolute Gasteiger partial charge is 0.375 e. The van der Waals surface area contributed by atoms with Crippen LogP contribution in [0.3, 0.4) is 0 Å². The zero-order valence-electron chi connectivity index (χ0n) is 11.6. The summed E-state index contributed by atoms with van der Waals surface area (Å²) in [5.41, 5.74) is 0.884. The Morgan fingerprint density at radius 1 is 0.938 bits per heavy atom. The molecule has 0 aromatic rings. The SMILES string of the molecule is CC1CC(NC2C(C)(C)C2(C)C)CC(C)O1. The third-order valence-corrected chi connectivity index (χ3v) is 5.12. The van der Waals surface area contributed by atoms with Gasteiger partial charge in [-0.25, -0.2) is 0 Å². The molecule has 0 aromatic carbocycles. The van der Waals surface area contributed by atoms with Crippen LogP contribution in [0.15, 0.2) is 0 Å². The second kappa shape index (κ2) is 3.71. The van der Waals surface area contributed by atoms with Gasteiger partial charge in [-0.15, -0.1) is 0 Å². The van der Waals surface area contributed by atoms with E-state index in [1.807, 2.05) is 0 Å². The van der Waals surface area contributed by atoms with Gasteiger partial charge >= 0.3 is 0 Å². The van der Waals surface area contributed by atoms with E-state index in [4.69, 9.17) is 4.74 Å². The molecular weight excluding hydrogens is 198 g/mol. The summed E-state index contributed by atoms with van der Waals surface area (Å²) in [4.78, 5) is 0. The second-order valence-electron chi connectivity index (χ2n) is 6.97. The van der Waals surface area contributed by atoms with Crippen LogP contribution in [0.25, 0.3) is 0 Å². The molecule has 0 aromatic heterocycles. The predicted molar refractivity (Wildman–Crippen MR) is 67.5 cm³/mol. The molecule has 2 atom stereocenters. The van der Waals surface area contributed by atoms with Crippen molar-refractivity contribution in [1.82, 2.24) is 5.32 Å². The summed E-state index contributed by atoms with van der Waals surface area (Å²) in [6, 6.07) is 1.31. The highest BCUT2D eigenvalue weighted by molar-refractivity contribution is 5.18. The van der Waals surface area contributed by atoms with Crippen LogP contribution in [0.5, 0.6) is 0 Å². The standard InChI is InChI=1S/C14H27NO/c1-9-7-11(8-10(2)16-9)15-12-13(3,4)14(12,5)6/h9-12,15H,7-8H2,1-6H3. The first-order chi connectivity index (χ1) is 7.25.